The molecule has 5 N–H and O–H groups in total. The fourth-order valence-corrected chi connectivity index (χ4v) is 1.57. The Balaban J connectivity index is 2.23. The maximum absolute atomic E-state index is 10.1. The third-order valence-corrected chi connectivity index (χ3v) is 2.39. The molecule has 0 spiro atoms. The van der Waals surface area contributed by atoms with Gasteiger partial charge in [-0.05, 0) is 12.1 Å². The molecule has 88 valence electrons. The first-order valence-electron chi connectivity index (χ1n) is 5.22. The zero-order chi connectivity index (χ0) is 12.3. The predicted molar refractivity (Wildman–Crippen MR) is 66.3 cm³/mol. The highest BCUT2D eigenvalue weighted by Crippen LogP contribution is 2.21. The van der Waals surface area contributed by atoms with Gasteiger partial charge in [-0.15, -0.1) is 0 Å². The number of hydrogen-bond acceptors (Lipinski definition) is 4. The van der Waals surface area contributed by atoms with Crippen LogP contribution in [-0.2, 0) is 5.85 Å². The van der Waals surface area contributed by atoms with Gasteiger partial charge in [0, 0.05) is 17.3 Å². The molecule has 0 saturated carbocycles. The molecule has 0 radical (unpaired) electrons. The summed E-state index contributed by atoms with van der Waals surface area (Å²) in [5.41, 5.74) is 6.87. The predicted octanol–water partition coefficient (Wildman–Crippen LogP) is 1.57. The monoisotopic (exact) mass is 230 g/mol. The Kier molecular flexibility index (Phi) is 2.99. The maximum atomic E-state index is 10.1. The van der Waals surface area contributed by atoms with E-state index in [1.165, 1.54) is 6.07 Å². The highest BCUT2D eigenvalue weighted by atomic mass is 16.3. The van der Waals surface area contributed by atoms with Crippen LogP contribution in [0.4, 0.5) is 5.69 Å². The molecule has 0 aliphatic rings. The van der Waals surface area contributed by atoms with Crippen molar-refractivity contribution in [3.63, 3.8) is 0 Å². The van der Waals surface area contributed by atoms with Crippen molar-refractivity contribution in [1.29, 1.82) is 0 Å². The molecule has 0 aliphatic carbocycles. The van der Waals surface area contributed by atoms with Crippen LogP contribution in [0.25, 0.3) is 0 Å². The van der Waals surface area contributed by atoms with E-state index in [0.29, 0.717) is 11.3 Å². The molecule has 2 aromatic carbocycles. The fourth-order valence-electron chi connectivity index (χ4n) is 1.57. The van der Waals surface area contributed by atoms with Gasteiger partial charge in [0.2, 0.25) is 5.85 Å². The molecule has 2 aromatic rings. The third-order valence-electron chi connectivity index (χ3n) is 2.39. The van der Waals surface area contributed by atoms with Crippen molar-refractivity contribution in [2.24, 2.45) is 5.73 Å². The number of anilines is 1. The summed E-state index contributed by atoms with van der Waals surface area (Å²) in [6, 6.07) is 15.3. The molecular weight excluding hydrogens is 216 g/mol. The summed E-state index contributed by atoms with van der Waals surface area (Å²) in [7, 11) is 0. The van der Waals surface area contributed by atoms with E-state index in [4.69, 9.17) is 5.73 Å². The Morgan fingerprint density at radius 2 is 1.71 bits per heavy atom. The number of nitrogens with two attached hydrogens (primary N) is 1. The zero-order valence-electron chi connectivity index (χ0n) is 9.17. The number of aliphatic hydroxyl groups is 1. The Bertz CT molecular complexity index is 498. The quantitative estimate of drug-likeness (QED) is 0.603. The van der Waals surface area contributed by atoms with Crippen LogP contribution in [0.3, 0.4) is 0 Å². The van der Waals surface area contributed by atoms with Gasteiger partial charge in [0.1, 0.15) is 5.75 Å². The summed E-state index contributed by atoms with van der Waals surface area (Å²) < 4.78 is 0. The van der Waals surface area contributed by atoms with E-state index in [1.807, 2.05) is 6.07 Å². The Morgan fingerprint density at radius 3 is 2.35 bits per heavy atom. The molecule has 4 heteroatoms. The van der Waals surface area contributed by atoms with E-state index in [-0.39, 0.29) is 5.75 Å². The fraction of sp³-hybridized carbons (Fsp3) is 0.0769. The first kappa shape index (κ1) is 11.4. The SMILES string of the molecule is NC(O)(Nc1cccc(O)c1)c1ccccc1. The summed E-state index contributed by atoms with van der Waals surface area (Å²) in [5.74, 6) is -1.56. The van der Waals surface area contributed by atoms with Crippen molar-refractivity contribution in [3.05, 3.63) is 60.2 Å². The lowest BCUT2D eigenvalue weighted by Crippen LogP contribution is -2.44. The molecule has 17 heavy (non-hydrogen) atoms. The Hall–Kier alpha value is -2.04. The minimum Gasteiger partial charge on any atom is -0.508 e. The topological polar surface area (TPSA) is 78.5 Å². The first-order valence-corrected chi connectivity index (χ1v) is 5.22. The number of hydrogen-bond donors (Lipinski definition) is 4. The van der Waals surface area contributed by atoms with Crippen molar-refractivity contribution in [1.82, 2.24) is 0 Å². The van der Waals surface area contributed by atoms with Gasteiger partial charge in [-0.1, -0.05) is 36.4 Å². The van der Waals surface area contributed by atoms with Gasteiger partial charge in [-0.2, -0.15) is 0 Å². The summed E-state index contributed by atoms with van der Waals surface area (Å²) in [5, 5.41) is 22.2. The molecule has 0 heterocycles. The van der Waals surface area contributed by atoms with Crippen molar-refractivity contribution in [3.8, 4) is 5.75 Å². The molecule has 0 aliphatic heterocycles. The van der Waals surface area contributed by atoms with Gasteiger partial charge >= 0.3 is 0 Å². The van der Waals surface area contributed by atoms with Crippen molar-refractivity contribution in [2.75, 3.05) is 5.32 Å². The van der Waals surface area contributed by atoms with Crippen LogP contribution in [0.15, 0.2) is 54.6 Å². The molecule has 0 bridgehead atoms. The second kappa shape index (κ2) is 4.45. The lowest BCUT2D eigenvalue weighted by Gasteiger charge is -2.26. The molecule has 0 amide bonds. The van der Waals surface area contributed by atoms with E-state index in [9.17, 15) is 10.2 Å². The minimum atomic E-state index is -1.67. The van der Waals surface area contributed by atoms with Crippen LogP contribution in [-0.4, -0.2) is 10.2 Å². The highest BCUT2D eigenvalue weighted by Gasteiger charge is 2.23. The van der Waals surface area contributed by atoms with Crippen LogP contribution in [0.2, 0.25) is 0 Å². The van der Waals surface area contributed by atoms with E-state index in [1.54, 1.807) is 42.5 Å². The highest BCUT2D eigenvalue weighted by molar-refractivity contribution is 5.50. The van der Waals surface area contributed by atoms with Crippen LogP contribution in [0, 0.1) is 0 Å². The number of phenols is 1. The Labute approximate surface area is 99.3 Å². The lowest BCUT2D eigenvalue weighted by atomic mass is 10.1. The number of rotatable bonds is 3. The van der Waals surface area contributed by atoms with Crippen LogP contribution < -0.4 is 11.1 Å². The van der Waals surface area contributed by atoms with E-state index < -0.39 is 5.85 Å². The number of nitrogens with one attached hydrogen (secondary N) is 1. The van der Waals surface area contributed by atoms with E-state index >= 15 is 0 Å². The minimum absolute atomic E-state index is 0.110. The van der Waals surface area contributed by atoms with Gasteiger partial charge in [0.25, 0.3) is 0 Å². The normalized spacial score (nSPS) is 14.0. The largest absolute Gasteiger partial charge is 0.508 e. The van der Waals surface area contributed by atoms with Gasteiger partial charge < -0.3 is 15.5 Å². The summed E-state index contributed by atoms with van der Waals surface area (Å²) in [4.78, 5) is 0. The van der Waals surface area contributed by atoms with Crippen LogP contribution >= 0.6 is 0 Å². The number of aromatic hydroxyl groups is 1. The third kappa shape index (κ3) is 2.75. The number of phenolic OH excluding ortho intramolecular Hbond substituents is 1. The second-order valence-corrected chi connectivity index (χ2v) is 3.81. The first-order chi connectivity index (χ1) is 8.08. The van der Waals surface area contributed by atoms with Gasteiger partial charge in [0.05, 0.1) is 0 Å². The summed E-state index contributed by atoms with van der Waals surface area (Å²) in [6.07, 6.45) is 0. The van der Waals surface area contributed by atoms with Crippen molar-refractivity contribution in [2.45, 2.75) is 5.85 Å². The van der Waals surface area contributed by atoms with Crippen molar-refractivity contribution < 1.29 is 10.2 Å². The second-order valence-electron chi connectivity index (χ2n) is 3.81. The lowest BCUT2D eigenvalue weighted by molar-refractivity contribution is 0.0749. The average Bonchev–Trinajstić information content (AvgIpc) is 2.29. The molecule has 1 atom stereocenters. The zero-order valence-corrected chi connectivity index (χ0v) is 9.17. The standard InChI is InChI=1S/C13H14N2O2/c14-13(17,10-5-2-1-3-6-10)15-11-7-4-8-12(16)9-11/h1-9,15-17H,14H2. The number of benzene rings is 2. The van der Waals surface area contributed by atoms with Gasteiger partial charge in [-0.3, -0.25) is 5.73 Å². The van der Waals surface area contributed by atoms with Crippen LogP contribution in [0.5, 0.6) is 5.75 Å². The molecule has 0 fully saturated rings. The molecule has 1 unspecified atom stereocenters. The molecule has 2 rings (SSSR count). The average molecular weight is 230 g/mol. The molecular formula is C13H14N2O2. The van der Waals surface area contributed by atoms with Crippen LogP contribution in [0.1, 0.15) is 5.56 Å². The molecule has 0 aromatic heterocycles. The summed E-state index contributed by atoms with van der Waals surface area (Å²) >= 11 is 0. The molecule has 4 nitrogen and oxygen atoms in total. The van der Waals surface area contributed by atoms with Gasteiger partial charge in [-0.25, -0.2) is 0 Å². The van der Waals surface area contributed by atoms with E-state index in [2.05, 4.69) is 5.32 Å². The van der Waals surface area contributed by atoms with E-state index in [0.717, 1.165) is 0 Å². The smallest absolute Gasteiger partial charge is 0.218 e. The van der Waals surface area contributed by atoms with Crippen molar-refractivity contribution >= 4 is 5.69 Å². The van der Waals surface area contributed by atoms with Gasteiger partial charge in [0.15, 0.2) is 0 Å². The Morgan fingerprint density at radius 1 is 1.00 bits per heavy atom. The summed E-state index contributed by atoms with van der Waals surface area (Å²) in [6.45, 7) is 0. The molecule has 0 saturated heterocycles. The maximum Gasteiger partial charge on any atom is 0.218 e.